The maximum Gasteiger partial charge on any atom is 0.265 e. The number of ether oxygens (including phenoxy) is 1. The summed E-state index contributed by atoms with van der Waals surface area (Å²) in [5, 5.41) is 2.67. The average Bonchev–Trinajstić information content (AvgIpc) is 3.48. The van der Waals surface area contributed by atoms with Crippen LogP contribution < -0.4 is 16.0 Å². The monoisotopic (exact) mass is 382 g/mol. The highest BCUT2D eigenvalue weighted by atomic mass is 19.3. The number of nitrogens with two attached hydrogens (primary N) is 1. The van der Waals surface area contributed by atoms with E-state index in [1.165, 1.54) is 23.1 Å². The van der Waals surface area contributed by atoms with E-state index in [9.17, 15) is 18.4 Å². The summed E-state index contributed by atoms with van der Waals surface area (Å²) in [4.78, 5) is 27.7. The van der Waals surface area contributed by atoms with Gasteiger partial charge in [-0.05, 0) is 38.1 Å². The number of carbonyl (C=O) groups excluding carboxylic acids is 2. The molecule has 0 spiro atoms. The van der Waals surface area contributed by atoms with Gasteiger partial charge in [0, 0.05) is 30.4 Å². The summed E-state index contributed by atoms with van der Waals surface area (Å²) in [7, 11) is 1.84. The van der Waals surface area contributed by atoms with Crippen LogP contribution in [0.1, 0.15) is 24.8 Å². The quantitative estimate of drug-likeness (QED) is 0.743. The fourth-order valence-electron chi connectivity index (χ4n) is 3.25. The minimum Gasteiger partial charge on any atom is -0.370 e. The normalized spacial score (nSPS) is 18.9. The molecule has 0 bridgehead atoms. The molecule has 2 fully saturated rings. The number of alkyl halides is 2. The Bertz CT molecular complexity index is 712. The van der Waals surface area contributed by atoms with Crippen LogP contribution in [0.4, 0.5) is 20.2 Å². The van der Waals surface area contributed by atoms with E-state index in [1.807, 2.05) is 11.9 Å². The van der Waals surface area contributed by atoms with Crippen molar-refractivity contribution in [2.45, 2.75) is 31.4 Å². The Labute approximate surface area is 156 Å². The van der Waals surface area contributed by atoms with Crippen LogP contribution in [0.25, 0.3) is 0 Å². The molecular formula is C18H24F2N4O3. The third-order valence-electron chi connectivity index (χ3n) is 4.95. The van der Waals surface area contributed by atoms with Crippen molar-refractivity contribution >= 4 is 23.2 Å². The van der Waals surface area contributed by atoms with E-state index >= 15 is 0 Å². The predicted molar refractivity (Wildman–Crippen MR) is 96.8 cm³/mol. The second kappa shape index (κ2) is 8.28. The average molecular weight is 382 g/mol. The second-order valence-corrected chi connectivity index (χ2v) is 6.81. The first-order valence-electron chi connectivity index (χ1n) is 8.95. The lowest BCUT2D eigenvalue weighted by Crippen LogP contribution is -2.47. The van der Waals surface area contributed by atoms with Gasteiger partial charge in [-0.25, -0.2) is 8.78 Å². The molecule has 148 valence electrons. The number of carbonyl (C=O) groups is 2. The molecule has 1 saturated carbocycles. The smallest absolute Gasteiger partial charge is 0.265 e. The third kappa shape index (κ3) is 4.42. The number of likely N-dealkylation sites (N-methyl/N-ethyl adjacent to an activating group) is 1. The van der Waals surface area contributed by atoms with Crippen molar-refractivity contribution in [1.29, 1.82) is 0 Å². The molecule has 1 heterocycles. The highest BCUT2D eigenvalue weighted by Crippen LogP contribution is 2.33. The van der Waals surface area contributed by atoms with Crippen molar-refractivity contribution in [3.8, 4) is 0 Å². The Kier molecular flexibility index (Phi) is 6.03. The van der Waals surface area contributed by atoms with E-state index in [0.29, 0.717) is 12.6 Å². The highest BCUT2D eigenvalue weighted by molar-refractivity contribution is 5.97. The number of amides is 2. The van der Waals surface area contributed by atoms with Gasteiger partial charge in [0.15, 0.2) is 0 Å². The Balaban J connectivity index is 1.79. The van der Waals surface area contributed by atoms with Crippen LogP contribution in [0.3, 0.4) is 0 Å². The Morgan fingerprint density at radius 2 is 2.19 bits per heavy atom. The number of rotatable bonds is 7. The van der Waals surface area contributed by atoms with Crippen molar-refractivity contribution in [3.63, 3.8) is 0 Å². The van der Waals surface area contributed by atoms with Crippen LogP contribution in [0, 0.1) is 0 Å². The molecule has 7 nitrogen and oxygen atoms in total. The van der Waals surface area contributed by atoms with Crippen molar-refractivity contribution in [1.82, 2.24) is 4.90 Å². The first-order chi connectivity index (χ1) is 12.9. The Hall–Kier alpha value is -2.10. The van der Waals surface area contributed by atoms with Gasteiger partial charge < -0.3 is 20.7 Å². The van der Waals surface area contributed by atoms with Crippen LogP contribution >= 0.6 is 0 Å². The van der Waals surface area contributed by atoms with Gasteiger partial charge in [0.05, 0.1) is 12.3 Å². The van der Waals surface area contributed by atoms with Gasteiger partial charge in [-0.15, -0.1) is 0 Å². The lowest BCUT2D eigenvalue weighted by atomic mass is 10.1. The molecule has 1 saturated heterocycles. The molecular weight excluding hydrogens is 358 g/mol. The number of morpholine rings is 1. The molecule has 1 aliphatic carbocycles. The summed E-state index contributed by atoms with van der Waals surface area (Å²) in [5.74, 6) is -0.698. The molecule has 0 unspecified atom stereocenters. The van der Waals surface area contributed by atoms with Crippen LogP contribution in [0.2, 0.25) is 0 Å². The molecule has 3 rings (SSSR count). The van der Waals surface area contributed by atoms with Crippen LogP contribution in [0.15, 0.2) is 18.2 Å². The van der Waals surface area contributed by atoms with E-state index in [4.69, 9.17) is 10.5 Å². The molecule has 1 aliphatic heterocycles. The first kappa shape index (κ1) is 19.7. The molecule has 0 aromatic heterocycles. The molecule has 27 heavy (non-hydrogen) atoms. The zero-order valence-electron chi connectivity index (χ0n) is 15.2. The van der Waals surface area contributed by atoms with Gasteiger partial charge in [0.2, 0.25) is 5.91 Å². The standard InChI is InChI=1S/C18H24F2N4O3/c1-23(12-3-4-12)15(9-21)18(26)22-11-2-5-14(13(8-11)17(19)20)24-6-7-27-10-16(24)25/h2,5,8,12,15,17H,3-4,6-7,9-10,21H2,1H3,(H,22,26)/t15-/m1/s1. The van der Waals surface area contributed by atoms with E-state index in [1.54, 1.807) is 0 Å². The van der Waals surface area contributed by atoms with Crippen LogP contribution in [-0.4, -0.2) is 62.1 Å². The van der Waals surface area contributed by atoms with Crippen molar-refractivity contribution in [2.24, 2.45) is 5.73 Å². The van der Waals surface area contributed by atoms with Crippen molar-refractivity contribution < 1.29 is 23.1 Å². The minimum absolute atomic E-state index is 0.132. The largest absolute Gasteiger partial charge is 0.370 e. The SMILES string of the molecule is CN(C1CC1)[C@H](CN)C(=O)Nc1ccc(N2CCOCC2=O)c(C(F)F)c1. The molecule has 3 N–H and O–H groups in total. The van der Waals surface area contributed by atoms with E-state index in [0.717, 1.165) is 12.8 Å². The highest BCUT2D eigenvalue weighted by Gasteiger charge is 2.34. The summed E-state index contributed by atoms with van der Waals surface area (Å²) in [5.41, 5.74) is 5.82. The topological polar surface area (TPSA) is 87.9 Å². The minimum atomic E-state index is -2.79. The van der Waals surface area contributed by atoms with Gasteiger partial charge in [0.1, 0.15) is 12.6 Å². The number of hydrogen-bond donors (Lipinski definition) is 2. The number of nitrogens with one attached hydrogen (secondary N) is 1. The summed E-state index contributed by atoms with van der Waals surface area (Å²) >= 11 is 0. The van der Waals surface area contributed by atoms with E-state index in [2.05, 4.69) is 5.32 Å². The number of hydrogen-bond acceptors (Lipinski definition) is 5. The summed E-state index contributed by atoms with van der Waals surface area (Å²) in [6, 6.07) is 3.99. The lowest BCUT2D eigenvalue weighted by molar-refractivity contribution is -0.125. The molecule has 2 amide bonds. The maximum absolute atomic E-state index is 13.6. The van der Waals surface area contributed by atoms with Crippen molar-refractivity contribution in [3.05, 3.63) is 23.8 Å². The summed E-state index contributed by atoms with van der Waals surface area (Å²) < 4.78 is 32.2. The summed E-state index contributed by atoms with van der Waals surface area (Å²) in [6.45, 7) is 0.512. The molecule has 1 aromatic carbocycles. The van der Waals surface area contributed by atoms with Gasteiger partial charge >= 0.3 is 0 Å². The van der Waals surface area contributed by atoms with Crippen LogP contribution in [-0.2, 0) is 14.3 Å². The van der Waals surface area contributed by atoms with E-state index in [-0.39, 0.29) is 48.4 Å². The Morgan fingerprint density at radius 3 is 2.78 bits per heavy atom. The van der Waals surface area contributed by atoms with Crippen LogP contribution in [0.5, 0.6) is 0 Å². The van der Waals surface area contributed by atoms with E-state index < -0.39 is 12.5 Å². The lowest BCUT2D eigenvalue weighted by Gasteiger charge is -2.29. The number of anilines is 2. The molecule has 0 radical (unpaired) electrons. The number of benzene rings is 1. The zero-order valence-corrected chi connectivity index (χ0v) is 15.2. The predicted octanol–water partition coefficient (Wildman–Crippen LogP) is 1.35. The van der Waals surface area contributed by atoms with Gasteiger partial charge in [-0.2, -0.15) is 0 Å². The fraction of sp³-hybridized carbons (Fsp3) is 0.556. The Morgan fingerprint density at radius 1 is 1.44 bits per heavy atom. The molecule has 1 atom stereocenters. The van der Waals surface area contributed by atoms with Crippen molar-refractivity contribution in [2.75, 3.05) is 43.6 Å². The molecule has 2 aliphatic rings. The van der Waals surface area contributed by atoms with Gasteiger partial charge in [-0.1, -0.05) is 0 Å². The third-order valence-corrected chi connectivity index (χ3v) is 4.95. The van der Waals surface area contributed by atoms with Gasteiger partial charge in [0.25, 0.3) is 12.3 Å². The summed E-state index contributed by atoms with van der Waals surface area (Å²) in [6.07, 6.45) is -0.733. The second-order valence-electron chi connectivity index (χ2n) is 6.81. The maximum atomic E-state index is 13.6. The molecule has 1 aromatic rings. The zero-order chi connectivity index (χ0) is 19.6. The first-order valence-corrected chi connectivity index (χ1v) is 8.95. The number of nitrogens with zero attached hydrogens (tertiary/aromatic N) is 2. The number of halogens is 2. The molecule has 9 heteroatoms. The fourth-order valence-corrected chi connectivity index (χ4v) is 3.25. The van der Waals surface area contributed by atoms with Gasteiger partial charge in [-0.3, -0.25) is 14.5 Å².